The van der Waals surface area contributed by atoms with Crippen molar-refractivity contribution >= 4 is 23.2 Å². The maximum atomic E-state index is 13.2. The molecule has 0 aliphatic rings. The molecule has 2 amide bonds. The van der Waals surface area contributed by atoms with Gasteiger partial charge in [-0.2, -0.15) is 0 Å². The standard InChI is InChI=1S/C35H38N2O5/c1-6-40-31-23-30(37-34(39)25-14-10-8-11-15-25)32(41-7-2)22-29(31)36-33(38)24(3)42-28-20-18-27(19-21-28)35(4,5)26-16-12-9-13-17-26/h8-24H,6-7H2,1-5H3,(H,36,38)(H,37,39). The molecule has 1 unspecified atom stereocenters. The van der Waals surface area contributed by atoms with E-state index in [4.69, 9.17) is 14.2 Å². The Kier molecular flexibility index (Phi) is 9.86. The van der Waals surface area contributed by atoms with Gasteiger partial charge in [-0.3, -0.25) is 9.59 Å². The van der Waals surface area contributed by atoms with Crippen molar-refractivity contribution in [1.82, 2.24) is 0 Å². The highest BCUT2D eigenvalue weighted by atomic mass is 16.5. The van der Waals surface area contributed by atoms with Gasteiger partial charge in [-0.05, 0) is 56.2 Å². The van der Waals surface area contributed by atoms with Gasteiger partial charge in [0.25, 0.3) is 11.8 Å². The number of hydrogen-bond acceptors (Lipinski definition) is 5. The number of benzene rings is 4. The van der Waals surface area contributed by atoms with Crippen LogP contribution in [-0.2, 0) is 10.2 Å². The van der Waals surface area contributed by atoms with Gasteiger partial charge in [-0.15, -0.1) is 0 Å². The first-order valence-electron chi connectivity index (χ1n) is 14.2. The van der Waals surface area contributed by atoms with Crippen LogP contribution in [-0.4, -0.2) is 31.1 Å². The lowest BCUT2D eigenvalue weighted by Gasteiger charge is -2.26. The molecule has 4 rings (SSSR count). The number of rotatable bonds is 12. The zero-order chi connectivity index (χ0) is 30.1. The van der Waals surface area contributed by atoms with E-state index >= 15 is 0 Å². The quantitative estimate of drug-likeness (QED) is 0.186. The zero-order valence-electron chi connectivity index (χ0n) is 24.8. The fraction of sp³-hybridized carbons (Fsp3) is 0.257. The summed E-state index contributed by atoms with van der Waals surface area (Å²) < 4.78 is 17.6. The summed E-state index contributed by atoms with van der Waals surface area (Å²) >= 11 is 0. The molecule has 4 aromatic carbocycles. The molecular formula is C35H38N2O5. The van der Waals surface area contributed by atoms with Gasteiger partial charge >= 0.3 is 0 Å². The van der Waals surface area contributed by atoms with E-state index in [1.807, 2.05) is 62.4 Å². The first-order valence-corrected chi connectivity index (χ1v) is 14.2. The summed E-state index contributed by atoms with van der Waals surface area (Å²) in [4.78, 5) is 26.0. The van der Waals surface area contributed by atoms with Crippen LogP contribution in [0.15, 0.2) is 97.1 Å². The van der Waals surface area contributed by atoms with E-state index in [1.54, 1.807) is 43.3 Å². The second-order valence-electron chi connectivity index (χ2n) is 10.3. The molecule has 0 aliphatic carbocycles. The van der Waals surface area contributed by atoms with Gasteiger partial charge in [0, 0.05) is 23.1 Å². The van der Waals surface area contributed by atoms with Crippen molar-refractivity contribution in [2.24, 2.45) is 0 Å². The van der Waals surface area contributed by atoms with E-state index in [0.29, 0.717) is 47.4 Å². The van der Waals surface area contributed by atoms with Gasteiger partial charge in [0.05, 0.1) is 24.6 Å². The molecule has 0 saturated carbocycles. The Hall–Kier alpha value is -4.78. The molecule has 0 spiro atoms. The van der Waals surface area contributed by atoms with E-state index in [9.17, 15) is 9.59 Å². The number of nitrogens with one attached hydrogen (secondary N) is 2. The van der Waals surface area contributed by atoms with Gasteiger partial charge < -0.3 is 24.8 Å². The smallest absolute Gasteiger partial charge is 0.265 e. The van der Waals surface area contributed by atoms with E-state index in [1.165, 1.54) is 5.56 Å². The van der Waals surface area contributed by atoms with Crippen LogP contribution in [0.1, 0.15) is 56.1 Å². The lowest BCUT2D eigenvalue weighted by Crippen LogP contribution is -2.30. The molecule has 0 bridgehead atoms. The maximum Gasteiger partial charge on any atom is 0.265 e. The average Bonchev–Trinajstić information content (AvgIpc) is 3.00. The minimum Gasteiger partial charge on any atom is -0.492 e. The lowest BCUT2D eigenvalue weighted by atomic mass is 9.78. The summed E-state index contributed by atoms with van der Waals surface area (Å²) in [6, 6.07) is 30.3. The van der Waals surface area contributed by atoms with Crippen molar-refractivity contribution in [2.75, 3.05) is 23.8 Å². The third kappa shape index (κ3) is 7.29. The minimum atomic E-state index is -0.791. The molecule has 2 N–H and O–H groups in total. The topological polar surface area (TPSA) is 85.9 Å². The summed E-state index contributed by atoms with van der Waals surface area (Å²) in [5.41, 5.74) is 3.55. The van der Waals surface area contributed by atoms with Crippen molar-refractivity contribution in [1.29, 1.82) is 0 Å². The molecule has 1 atom stereocenters. The summed E-state index contributed by atoms with van der Waals surface area (Å²) in [5, 5.41) is 5.79. The van der Waals surface area contributed by atoms with E-state index in [-0.39, 0.29) is 17.2 Å². The number of amides is 2. The largest absolute Gasteiger partial charge is 0.492 e. The fourth-order valence-corrected chi connectivity index (χ4v) is 4.55. The van der Waals surface area contributed by atoms with Crippen LogP contribution in [0.2, 0.25) is 0 Å². The highest BCUT2D eigenvalue weighted by Crippen LogP contribution is 2.37. The summed E-state index contributed by atoms with van der Waals surface area (Å²) in [5.74, 6) is 0.761. The Labute approximate surface area is 247 Å². The van der Waals surface area contributed by atoms with Gasteiger partial charge in [0.15, 0.2) is 6.10 Å². The highest BCUT2D eigenvalue weighted by molar-refractivity contribution is 6.05. The number of anilines is 2. The molecule has 7 heteroatoms. The molecule has 0 saturated heterocycles. The molecule has 0 heterocycles. The Morgan fingerprint density at radius 3 is 1.76 bits per heavy atom. The van der Waals surface area contributed by atoms with Crippen LogP contribution in [0.5, 0.6) is 17.2 Å². The summed E-state index contributed by atoms with van der Waals surface area (Å²) in [6.07, 6.45) is -0.791. The van der Waals surface area contributed by atoms with Crippen LogP contribution >= 0.6 is 0 Å². The Morgan fingerprint density at radius 2 is 1.21 bits per heavy atom. The molecule has 4 aromatic rings. The van der Waals surface area contributed by atoms with Crippen molar-refractivity contribution in [3.8, 4) is 17.2 Å². The van der Waals surface area contributed by atoms with Crippen LogP contribution in [0.4, 0.5) is 11.4 Å². The number of ether oxygens (including phenoxy) is 3. The SMILES string of the molecule is CCOc1cc(NC(=O)C(C)Oc2ccc(C(C)(C)c3ccccc3)cc2)c(OCC)cc1NC(=O)c1ccccc1. The van der Waals surface area contributed by atoms with Gasteiger partial charge in [0.2, 0.25) is 0 Å². The molecule has 42 heavy (non-hydrogen) atoms. The second kappa shape index (κ2) is 13.7. The molecule has 0 aliphatic heterocycles. The third-order valence-electron chi connectivity index (χ3n) is 6.98. The van der Waals surface area contributed by atoms with Gasteiger partial charge in [-0.1, -0.05) is 74.5 Å². The van der Waals surface area contributed by atoms with Gasteiger partial charge in [0.1, 0.15) is 17.2 Å². The molecule has 0 aromatic heterocycles. The molecular weight excluding hydrogens is 528 g/mol. The minimum absolute atomic E-state index is 0.177. The number of carbonyl (C=O) groups excluding carboxylic acids is 2. The predicted octanol–water partition coefficient (Wildman–Crippen LogP) is 7.47. The van der Waals surface area contributed by atoms with E-state index in [0.717, 1.165) is 5.56 Å². The lowest BCUT2D eigenvalue weighted by molar-refractivity contribution is -0.122. The first kappa shape index (κ1) is 30.2. The Morgan fingerprint density at radius 1 is 0.714 bits per heavy atom. The maximum absolute atomic E-state index is 13.2. The van der Waals surface area contributed by atoms with Crippen molar-refractivity contribution in [2.45, 2.75) is 46.1 Å². The summed E-state index contributed by atoms with van der Waals surface area (Å²) in [7, 11) is 0. The average molecular weight is 567 g/mol. The monoisotopic (exact) mass is 566 g/mol. The fourth-order valence-electron chi connectivity index (χ4n) is 4.55. The molecule has 7 nitrogen and oxygen atoms in total. The molecule has 218 valence electrons. The summed E-state index contributed by atoms with van der Waals surface area (Å²) in [6.45, 7) is 10.5. The normalized spacial score (nSPS) is 11.7. The van der Waals surface area contributed by atoms with Crippen LogP contribution in [0, 0.1) is 0 Å². The van der Waals surface area contributed by atoms with E-state index < -0.39 is 6.10 Å². The van der Waals surface area contributed by atoms with Crippen LogP contribution in [0.25, 0.3) is 0 Å². The molecule has 0 radical (unpaired) electrons. The van der Waals surface area contributed by atoms with Crippen molar-refractivity contribution in [3.05, 3.63) is 114 Å². The van der Waals surface area contributed by atoms with Crippen molar-refractivity contribution in [3.63, 3.8) is 0 Å². The van der Waals surface area contributed by atoms with E-state index in [2.05, 4.69) is 36.6 Å². The third-order valence-corrected chi connectivity index (χ3v) is 6.98. The van der Waals surface area contributed by atoms with Crippen molar-refractivity contribution < 1.29 is 23.8 Å². The highest BCUT2D eigenvalue weighted by Gasteiger charge is 2.24. The second-order valence-corrected chi connectivity index (χ2v) is 10.3. The van der Waals surface area contributed by atoms with Gasteiger partial charge in [-0.25, -0.2) is 0 Å². The Bertz CT molecular complexity index is 1490. The number of carbonyl (C=O) groups is 2. The number of hydrogen-bond donors (Lipinski definition) is 2. The first-order chi connectivity index (χ1) is 20.2. The Balaban J connectivity index is 1.49. The van der Waals surface area contributed by atoms with Crippen LogP contribution in [0.3, 0.4) is 0 Å². The zero-order valence-corrected chi connectivity index (χ0v) is 24.8. The predicted molar refractivity (Wildman–Crippen MR) is 167 cm³/mol. The van der Waals surface area contributed by atoms with Crippen LogP contribution < -0.4 is 24.8 Å². The molecule has 0 fully saturated rings.